The highest BCUT2D eigenvalue weighted by Gasteiger charge is 2.68. The molecule has 0 aliphatic carbocycles. The normalized spacial score (nSPS) is 29.9. The molecule has 2 heterocycles. The lowest BCUT2D eigenvalue weighted by Crippen LogP contribution is -2.41. The number of alkyl halides is 3. The zero-order chi connectivity index (χ0) is 8.82. The summed E-state index contributed by atoms with van der Waals surface area (Å²) in [4.78, 5) is 0. The molecule has 0 bridgehead atoms. The fourth-order valence-corrected chi connectivity index (χ4v) is 1.56. The summed E-state index contributed by atoms with van der Waals surface area (Å²) in [6.45, 7) is 1.00. The highest BCUT2D eigenvalue weighted by atomic mass is 35.5. The van der Waals surface area contributed by atoms with Gasteiger partial charge in [-0.1, -0.05) is 0 Å². The Labute approximate surface area is 79.2 Å². The summed E-state index contributed by atoms with van der Waals surface area (Å²) in [5, 5.41) is 9.16. The van der Waals surface area contributed by atoms with E-state index in [2.05, 4.69) is 15.5 Å². The summed E-state index contributed by atoms with van der Waals surface area (Å²) in [6, 6.07) is 0. The molecule has 0 aromatic carbocycles. The molecular formula is C6H9ClF3N3. The highest BCUT2D eigenvalue weighted by Crippen LogP contribution is 2.51. The van der Waals surface area contributed by atoms with E-state index in [1.165, 1.54) is 0 Å². The largest absolute Gasteiger partial charge is 0.438 e. The van der Waals surface area contributed by atoms with Gasteiger partial charge in [-0.25, -0.2) is 0 Å². The van der Waals surface area contributed by atoms with Crippen molar-refractivity contribution in [2.45, 2.75) is 18.3 Å². The molecule has 1 unspecified atom stereocenters. The maximum absolute atomic E-state index is 12.3. The Morgan fingerprint density at radius 2 is 1.92 bits per heavy atom. The van der Waals surface area contributed by atoms with Crippen LogP contribution in [0.3, 0.4) is 0 Å². The summed E-state index contributed by atoms with van der Waals surface area (Å²) >= 11 is 0. The summed E-state index contributed by atoms with van der Waals surface area (Å²) in [7, 11) is 0. The molecule has 0 aromatic heterocycles. The first-order valence-electron chi connectivity index (χ1n) is 3.78. The molecule has 1 atom stereocenters. The Hall–Kier alpha value is -0.360. The molecule has 2 aliphatic heterocycles. The van der Waals surface area contributed by atoms with Crippen molar-refractivity contribution in [3.8, 4) is 0 Å². The van der Waals surface area contributed by atoms with Crippen molar-refractivity contribution in [3.05, 3.63) is 0 Å². The summed E-state index contributed by atoms with van der Waals surface area (Å²) < 4.78 is 37.0. The predicted octanol–water partition coefficient (Wildman–Crippen LogP) is 1.74. The lowest BCUT2D eigenvalue weighted by Gasteiger charge is -2.19. The molecule has 76 valence electrons. The second kappa shape index (κ2) is 3.09. The van der Waals surface area contributed by atoms with Gasteiger partial charge in [0.25, 0.3) is 5.66 Å². The Bertz CT molecular complexity index is 216. The number of rotatable bonds is 1. The SMILES string of the molecule is Cl.FC(F)(F)C1(C2CCNC2)N=N1. The lowest BCUT2D eigenvalue weighted by molar-refractivity contribution is -0.174. The van der Waals surface area contributed by atoms with Crippen molar-refractivity contribution in [2.75, 3.05) is 13.1 Å². The van der Waals surface area contributed by atoms with E-state index < -0.39 is 17.8 Å². The van der Waals surface area contributed by atoms with E-state index in [9.17, 15) is 13.2 Å². The van der Waals surface area contributed by atoms with Crippen LogP contribution in [0.15, 0.2) is 10.2 Å². The van der Waals surface area contributed by atoms with Crippen LogP contribution in [0, 0.1) is 5.92 Å². The monoisotopic (exact) mass is 215 g/mol. The van der Waals surface area contributed by atoms with E-state index in [0.29, 0.717) is 19.5 Å². The summed E-state index contributed by atoms with van der Waals surface area (Å²) in [5.41, 5.74) is -2.05. The molecule has 7 heteroatoms. The molecule has 0 amide bonds. The number of nitrogens with one attached hydrogen (secondary N) is 1. The molecule has 1 N–H and O–H groups in total. The van der Waals surface area contributed by atoms with Gasteiger partial charge in [-0.3, -0.25) is 0 Å². The molecule has 0 spiro atoms. The van der Waals surface area contributed by atoms with Gasteiger partial charge in [0.15, 0.2) is 0 Å². The third-order valence-corrected chi connectivity index (χ3v) is 2.36. The average Bonchev–Trinajstić information content (AvgIpc) is 2.61. The summed E-state index contributed by atoms with van der Waals surface area (Å²) in [6.07, 6.45) is -3.80. The van der Waals surface area contributed by atoms with E-state index in [1.807, 2.05) is 0 Å². The van der Waals surface area contributed by atoms with E-state index in [-0.39, 0.29) is 12.4 Å². The van der Waals surface area contributed by atoms with Crippen LogP contribution >= 0.6 is 12.4 Å². The van der Waals surface area contributed by atoms with Crippen molar-refractivity contribution in [2.24, 2.45) is 16.1 Å². The minimum Gasteiger partial charge on any atom is -0.316 e. The molecule has 0 saturated carbocycles. The minimum absolute atomic E-state index is 0. The van der Waals surface area contributed by atoms with Crippen molar-refractivity contribution < 1.29 is 13.2 Å². The molecule has 2 aliphatic rings. The van der Waals surface area contributed by atoms with Gasteiger partial charge in [0.2, 0.25) is 0 Å². The Morgan fingerprint density at radius 1 is 1.31 bits per heavy atom. The van der Waals surface area contributed by atoms with Crippen molar-refractivity contribution in [3.63, 3.8) is 0 Å². The van der Waals surface area contributed by atoms with Gasteiger partial charge in [0.1, 0.15) is 0 Å². The van der Waals surface area contributed by atoms with Gasteiger partial charge >= 0.3 is 6.18 Å². The van der Waals surface area contributed by atoms with Crippen LogP contribution in [0.1, 0.15) is 6.42 Å². The Balaban J connectivity index is 0.000000845. The van der Waals surface area contributed by atoms with Crippen LogP contribution in [0.2, 0.25) is 0 Å². The second-order valence-electron chi connectivity index (χ2n) is 3.11. The molecule has 0 aromatic rings. The van der Waals surface area contributed by atoms with E-state index >= 15 is 0 Å². The minimum atomic E-state index is -4.30. The van der Waals surface area contributed by atoms with Gasteiger partial charge in [-0.15, -0.1) is 22.6 Å². The average molecular weight is 216 g/mol. The maximum Gasteiger partial charge on any atom is 0.438 e. The van der Waals surface area contributed by atoms with Crippen molar-refractivity contribution in [1.29, 1.82) is 0 Å². The van der Waals surface area contributed by atoms with E-state index in [4.69, 9.17) is 0 Å². The van der Waals surface area contributed by atoms with Crippen LogP contribution in [-0.4, -0.2) is 24.9 Å². The number of halogens is 4. The Kier molecular flexibility index (Phi) is 2.55. The fourth-order valence-electron chi connectivity index (χ4n) is 1.56. The van der Waals surface area contributed by atoms with Gasteiger partial charge in [-0.05, 0) is 13.0 Å². The predicted molar refractivity (Wildman–Crippen MR) is 41.9 cm³/mol. The molecule has 1 saturated heterocycles. The first-order valence-corrected chi connectivity index (χ1v) is 3.78. The van der Waals surface area contributed by atoms with Crippen LogP contribution < -0.4 is 5.32 Å². The zero-order valence-corrected chi connectivity index (χ0v) is 7.45. The van der Waals surface area contributed by atoms with Crippen LogP contribution in [-0.2, 0) is 0 Å². The van der Waals surface area contributed by atoms with Crippen LogP contribution in [0.4, 0.5) is 13.2 Å². The smallest absolute Gasteiger partial charge is 0.316 e. The maximum atomic E-state index is 12.3. The van der Waals surface area contributed by atoms with Gasteiger partial charge < -0.3 is 5.32 Å². The number of hydrogen-bond acceptors (Lipinski definition) is 3. The van der Waals surface area contributed by atoms with Crippen LogP contribution in [0.25, 0.3) is 0 Å². The molecular weight excluding hydrogens is 207 g/mol. The van der Waals surface area contributed by atoms with E-state index in [0.717, 1.165) is 0 Å². The standard InChI is InChI=1S/C6H8F3N3.ClH/c7-6(8,9)5(11-12-5)4-1-2-10-3-4;/h4,10H,1-3H2;1H. The molecule has 1 fully saturated rings. The Morgan fingerprint density at radius 3 is 2.23 bits per heavy atom. The number of hydrogen-bond donors (Lipinski definition) is 1. The molecule has 13 heavy (non-hydrogen) atoms. The highest BCUT2D eigenvalue weighted by molar-refractivity contribution is 5.85. The first-order chi connectivity index (χ1) is 5.56. The summed E-state index contributed by atoms with van der Waals surface area (Å²) in [5.74, 6) is -0.488. The molecule has 0 radical (unpaired) electrons. The lowest BCUT2D eigenvalue weighted by atomic mass is 9.95. The topological polar surface area (TPSA) is 36.8 Å². The first kappa shape index (κ1) is 10.7. The number of nitrogens with zero attached hydrogens (tertiary/aromatic N) is 2. The van der Waals surface area contributed by atoms with Crippen LogP contribution in [0.5, 0.6) is 0 Å². The van der Waals surface area contributed by atoms with Crippen molar-refractivity contribution >= 4 is 12.4 Å². The molecule has 3 nitrogen and oxygen atoms in total. The van der Waals surface area contributed by atoms with E-state index in [1.54, 1.807) is 0 Å². The fraction of sp³-hybridized carbons (Fsp3) is 1.00. The zero-order valence-electron chi connectivity index (χ0n) is 6.64. The quantitative estimate of drug-likeness (QED) is 0.711. The third kappa shape index (κ3) is 1.52. The molecule has 2 rings (SSSR count). The second-order valence-corrected chi connectivity index (χ2v) is 3.11. The van der Waals surface area contributed by atoms with Gasteiger partial charge in [0, 0.05) is 12.5 Å². The van der Waals surface area contributed by atoms with Gasteiger partial charge in [-0.2, -0.15) is 13.2 Å². The third-order valence-electron chi connectivity index (χ3n) is 2.36. The van der Waals surface area contributed by atoms with Crippen molar-refractivity contribution in [1.82, 2.24) is 5.32 Å². The van der Waals surface area contributed by atoms with Gasteiger partial charge in [0.05, 0.1) is 0 Å².